The van der Waals surface area contributed by atoms with Crippen LogP contribution in [0, 0.1) is 10.1 Å². The molecule has 0 aliphatic carbocycles. The van der Waals surface area contributed by atoms with Gasteiger partial charge in [0.1, 0.15) is 4.92 Å². The van der Waals surface area contributed by atoms with Crippen molar-refractivity contribution >= 4 is 12.1 Å². The fourth-order valence-corrected chi connectivity index (χ4v) is 0.583. The molecule has 1 aromatic rings. The maximum absolute atomic E-state index is 10.1. The molecule has 0 atom stereocenters. The number of hydrogen-bond donors (Lipinski definition) is 1. The van der Waals surface area contributed by atoms with Crippen LogP contribution in [0.25, 0.3) is 0 Å². The van der Waals surface area contributed by atoms with Gasteiger partial charge in [-0.25, -0.2) is 0 Å². The molecule has 0 fully saturated rings. The number of furan rings is 1. The van der Waals surface area contributed by atoms with Gasteiger partial charge >= 0.3 is 5.88 Å². The molecular formula is C5H5N3O3. The summed E-state index contributed by atoms with van der Waals surface area (Å²) in [4.78, 5) is 9.42. The van der Waals surface area contributed by atoms with Gasteiger partial charge in [-0.15, -0.1) is 0 Å². The number of hydrazone groups is 1. The summed E-state index contributed by atoms with van der Waals surface area (Å²) in [5.41, 5.74) is 0. The van der Waals surface area contributed by atoms with E-state index in [-0.39, 0.29) is 11.6 Å². The molecule has 0 aromatic carbocycles. The quantitative estimate of drug-likeness (QED) is 0.291. The molecule has 0 aliphatic rings. The highest BCUT2D eigenvalue weighted by atomic mass is 16.6. The standard InChI is InChI=1S/C5H5N3O3/c6-7-3-4-1-2-5(11-4)8(9)10/h1-3H,6H2/b7-3-. The Morgan fingerprint density at radius 3 is 2.91 bits per heavy atom. The van der Waals surface area contributed by atoms with Crippen LogP contribution in [0.2, 0.25) is 0 Å². The minimum atomic E-state index is -0.631. The first-order valence-corrected chi connectivity index (χ1v) is 2.71. The molecular weight excluding hydrogens is 150 g/mol. The summed E-state index contributed by atoms with van der Waals surface area (Å²) < 4.78 is 4.66. The summed E-state index contributed by atoms with van der Waals surface area (Å²) in [7, 11) is 0. The lowest BCUT2D eigenvalue weighted by Gasteiger charge is -1.80. The summed E-state index contributed by atoms with van der Waals surface area (Å²) in [6.07, 6.45) is 1.19. The zero-order chi connectivity index (χ0) is 8.27. The van der Waals surface area contributed by atoms with Gasteiger partial charge in [-0.05, 0) is 6.07 Å². The Kier molecular flexibility index (Phi) is 1.86. The molecule has 6 nitrogen and oxygen atoms in total. The van der Waals surface area contributed by atoms with Crippen LogP contribution >= 0.6 is 0 Å². The molecule has 0 aliphatic heterocycles. The predicted octanol–water partition coefficient (Wildman–Crippen LogP) is 0.480. The zero-order valence-corrected chi connectivity index (χ0v) is 5.43. The van der Waals surface area contributed by atoms with Gasteiger partial charge in [-0.3, -0.25) is 10.1 Å². The van der Waals surface area contributed by atoms with Crippen molar-refractivity contribution in [3.63, 3.8) is 0 Å². The number of nitrogens with two attached hydrogens (primary N) is 1. The average Bonchev–Trinajstić information content (AvgIpc) is 2.37. The molecule has 58 valence electrons. The monoisotopic (exact) mass is 155 g/mol. The lowest BCUT2D eigenvalue weighted by atomic mass is 10.5. The van der Waals surface area contributed by atoms with Crippen molar-refractivity contribution in [2.24, 2.45) is 10.9 Å². The van der Waals surface area contributed by atoms with Gasteiger partial charge in [0.15, 0.2) is 5.76 Å². The Bertz CT molecular complexity index is 291. The molecule has 0 amide bonds. The SMILES string of the molecule is N/N=C\c1ccc([N+](=O)[O-])o1. The first kappa shape index (κ1) is 7.26. The second-order valence-electron chi connectivity index (χ2n) is 1.71. The van der Waals surface area contributed by atoms with E-state index >= 15 is 0 Å². The van der Waals surface area contributed by atoms with E-state index in [1.165, 1.54) is 18.3 Å². The van der Waals surface area contributed by atoms with Gasteiger partial charge in [0.2, 0.25) is 0 Å². The molecule has 1 rings (SSSR count). The van der Waals surface area contributed by atoms with Crippen LogP contribution in [-0.2, 0) is 0 Å². The Morgan fingerprint density at radius 1 is 1.73 bits per heavy atom. The maximum atomic E-state index is 10.1. The maximum Gasteiger partial charge on any atom is 0.433 e. The molecule has 11 heavy (non-hydrogen) atoms. The van der Waals surface area contributed by atoms with E-state index in [2.05, 4.69) is 9.52 Å². The lowest BCUT2D eigenvalue weighted by molar-refractivity contribution is -0.402. The van der Waals surface area contributed by atoms with Crippen LogP contribution in [0.3, 0.4) is 0 Å². The van der Waals surface area contributed by atoms with Gasteiger partial charge < -0.3 is 10.3 Å². The van der Waals surface area contributed by atoms with E-state index in [0.29, 0.717) is 0 Å². The van der Waals surface area contributed by atoms with E-state index in [0.717, 1.165) is 0 Å². The van der Waals surface area contributed by atoms with Gasteiger partial charge in [-0.1, -0.05) is 0 Å². The average molecular weight is 155 g/mol. The van der Waals surface area contributed by atoms with Gasteiger partial charge in [0.05, 0.1) is 12.3 Å². The Labute approximate surface area is 61.4 Å². The highest BCUT2D eigenvalue weighted by Crippen LogP contribution is 2.13. The molecule has 0 saturated carbocycles. The number of rotatable bonds is 2. The third-order valence-corrected chi connectivity index (χ3v) is 0.994. The van der Waals surface area contributed by atoms with Crippen molar-refractivity contribution in [3.05, 3.63) is 28.0 Å². The van der Waals surface area contributed by atoms with E-state index in [1.54, 1.807) is 0 Å². The number of nitro groups is 1. The normalized spacial score (nSPS) is 10.5. The molecule has 0 bridgehead atoms. The molecule has 0 spiro atoms. The Morgan fingerprint density at radius 2 is 2.45 bits per heavy atom. The van der Waals surface area contributed by atoms with Crippen molar-refractivity contribution in [2.75, 3.05) is 0 Å². The Hall–Kier alpha value is -1.85. The van der Waals surface area contributed by atoms with Gasteiger partial charge in [0, 0.05) is 0 Å². The van der Waals surface area contributed by atoms with Gasteiger partial charge in [0.25, 0.3) is 0 Å². The lowest BCUT2D eigenvalue weighted by Crippen LogP contribution is -1.84. The molecule has 1 heterocycles. The van der Waals surface area contributed by atoms with Crippen molar-refractivity contribution in [3.8, 4) is 0 Å². The van der Waals surface area contributed by atoms with Crippen molar-refractivity contribution < 1.29 is 9.34 Å². The third-order valence-electron chi connectivity index (χ3n) is 0.994. The topological polar surface area (TPSA) is 94.7 Å². The van der Waals surface area contributed by atoms with Crippen LogP contribution in [0.1, 0.15) is 5.76 Å². The van der Waals surface area contributed by atoms with Crippen LogP contribution in [0.15, 0.2) is 21.7 Å². The van der Waals surface area contributed by atoms with Gasteiger partial charge in [-0.2, -0.15) is 5.10 Å². The zero-order valence-electron chi connectivity index (χ0n) is 5.43. The van der Waals surface area contributed by atoms with Crippen LogP contribution in [0.4, 0.5) is 5.88 Å². The minimum absolute atomic E-state index is 0.263. The summed E-state index contributed by atoms with van der Waals surface area (Å²) in [5.74, 6) is 4.73. The van der Waals surface area contributed by atoms with Crippen LogP contribution in [-0.4, -0.2) is 11.1 Å². The summed E-state index contributed by atoms with van der Waals surface area (Å²) in [6, 6.07) is 2.64. The molecule has 1 aromatic heterocycles. The molecule has 6 heteroatoms. The number of hydrogen-bond acceptors (Lipinski definition) is 5. The number of nitrogens with zero attached hydrogens (tertiary/aromatic N) is 2. The summed E-state index contributed by atoms with van der Waals surface area (Å²) >= 11 is 0. The van der Waals surface area contributed by atoms with Crippen LogP contribution in [0.5, 0.6) is 0 Å². The first-order chi connectivity index (χ1) is 5.24. The van der Waals surface area contributed by atoms with E-state index in [4.69, 9.17) is 5.84 Å². The minimum Gasteiger partial charge on any atom is -0.400 e. The first-order valence-electron chi connectivity index (χ1n) is 2.71. The van der Waals surface area contributed by atoms with E-state index in [9.17, 15) is 10.1 Å². The highest BCUT2D eigenvalue weighted by Gasteiger charge is 2.09. The molecule has 0 saturated heterocycles. The second kappa shape index (κ2) is 2.82. The Balaban J connectivity index is 2.90. The fourth-order valence-electron chi connectivity index (χ4n) is 0.583. The van der Waals surface area contributed by atoms with Crippen LogP contribution < -0.4 is 5.84 Å². The molecule has 2 N–H and O–H groups in total. The summed E-state index contributed by atoms with van der Waals surface area (Å²) in [6.45, 7) is 0. The third kappa shape index (κ3) is 1.54. The highest BCUT2D eigenvalue weighted by molar-refractivity contribution is 5.75. The predicted molar refractivity (Wildman–Crippen MR) is 37.1 cm³/mol. The smallest absolute Gasteiger partial charge is 0.400 e. The van der Waals surface area contributed by atoms with Crippen molar-refractivity contribution in [2.45, 2.75) is 0 Å². The van der Waals surface area contributed by atoms with Crippen molar-refractivity contribution in [1.29, 1.82) is 0 Å². The molecule has 0 radical (unpaired) electrons. The largest absolute Gasteiger partial charge is 0.433 e. The summed E-state index contributed by atoms with van der Waals surface area (Å²) in [5, 5.41) is 13.2. The van der Waals surface area contributed by atoms with E-state index < -0.39 is 4.92 Å². The fraction of sp³-hybridized carbons (Fsp3) is 0. The van der Waals surface area contributed by atoms with E-state index in [1.807, 2.05) is 0 Å². The second-order valence-corrected chi connectivity index (χ2v) is 1.71. The molecule has 0 unspecified atom stereocenters. The van der Waals surface area contributed by atoms with Crippen molar-refractivity contribution in [1.82, 2.24) is 0 Å².